The summed E-state index contributed by atoms with van der Waals surface area (Å²) in [7, 11) is 0. The van der Waals surface area contributed by atoms with Crippen LogP contribution in [0.2, 0.25) is 5.02 Å². The van der Waals surface area contributed by atoms with Gasteiger partial charge in [0, 0.05) is 0 Å². The third-order valence-electron chi connectivity index (χ3n) is 2.62. The molecule has 0 spiro atoms. The maximum absolute atomic E-state index is 13.5. The highest BCUT2D eigenvalue weighted by Crippen LogP contribution is 2.35. The van der Waals surface area contributed by atoms with Crippen molar-refractivity contribution < 1.29 is 14.3 Å². The number of nitrogens with one attached hydrogen (secondary N) is 1. The number of anilines is 1. The molecule has 86 valence electrons. The standard InChI is InChI=1S/C11H11ClFNO2/c12-7-2-1-3-8(9(7)13)14-10(11(15)16)6-4-5-6/h1-3,6,10,14H,4-5H2,(H,15,16). The average molecular weight is 244 g/mol. The zero-order valence-electron chi connectivity index (χ0n) is 8.41. The summed E-state index contributed by atoms with van der Waals surface area (Å²) >= 11 is 5.61. The molecule has 1 unspecified atom stereocenters. The van der Waals surface area contributed by atoms with Crippen LogP contribution in [0.5, 0.6) is 0 Å². The van der Waals surface area contributed by atoms with Gasteiger partial charge in [-0.05, 0) is 30.9 Å². The molecular formula is C11H11ClFNO2. The van der Waals surface area contributed by atoms with Crippen LogP contribution in [0.3, 0.4) is 0 Å². The number of benzene rings is 1. The summed E-state index contributed by atoms with van der Waals surface area (Å²) in [5.74, 6) is -1.46. The fourth-order valence-electron chi connectivity index (χ4n) is 1.59. The van der Waals surface area contributed by atoms with Gasteiger partial charge in [0.15, 0.2) is 5.82 Å². The largest absolute Gasteiger partial charge is 0.480 e. The number of carboxylic acid groups (broad SMARTS) is 1. The van der Waals surface area contributed by atoms with Gasteiger partial charge in [-0.2, -0.15) is 0 Å². The molecule has 0 amide bonds. The van der Waals surface area contributed by atoms with Gasteiger partial charge in [-0.25, -0.2) is 9.18 Å². The molecule has 3 nitrogen and oxygen atoms in total. The summed E-state index contributed by atoms with van der Waals surface area (Å²) in [6.45, 7) is 0. The van der Waals surface area contributed by atoms with Gasteiger partial charge in [0.05, 0.1) is 10.7 Å². The second-order valence-corrected chi connectivity index (χ2v) is 4.31. The average Bonchev–Trinajstić information content (AvgIpc) is 3.03. The monoisotopic (exact) mass is 243 g/mol. The fourth-order valence-corrected chi connectivity index (χ4v) is 1.77. The van der Waals surface area contributed by atoms with Crippen molar-refractivity contribution in [2.75, 3.05) is 5.32 Å². The molecular weight excluding hydrogens is 233 g/mol. The molecule has 2 rings (SSSR count). The van der Waals surface area contributed by atoms with Crippen molar-refractivity contribution in [3.05, 3.63) is 29.0 Å². The van der Waals surface area contributed by atoms with Crippen LogP contribution in [0, 0.1) is 11.7 Å². The maximum Gasteiger partial charge on any atom is 0.326 e. The van der Waals surface area contributed by atoms with Crippen LogP contribution in [-0.4, -0.2) is 17.1 Å². The first kappa shape index (κ1) is 11.2. The molecule has 5 heteroatoms. The number of carboxylic acids is 1. The molecule has 0 aromatic heterocycles. The summed E-state index contributed by atoms with van der Waals surface area (Å²) in [6, 6.07) is 3.77. The van der Waals surface area contributed by atoms with E-state index in [2.05, 4.69) is 5.32 Å². The van der Waals surface area contributed by atoms with E-state index in [9.17, 15) is 9.18 Å². The summed E-state index contributed by atoms with van der Waals surface area (Å²) < 4.78 is 13.5. The minimum absolute atomic E-state index is 0.00932. The van der Waals surface area contributed by atoms with E-state index in [4.69, 9.17) is 16.7 Å². The van der Waals surface area contributed by atoms with Crippen molar-refractivity contribution >= 4 is 23.3 Å². The first-order chi connectivity index (χ1) is 7.59. The number of rotatable bonds is 4. The predicted molar refractivity (Wildman–Crippen MR) is 59.2 cm³/mol. The van der Waals surface area contributed by atoms with E-state index < -0.39 is 17.8 Å². The zero-order chi connectivity index (χ0) is 11.7. The molecule has 1 aromatic rings. The van der Waals surface area contributed by atoms with Crippen molar-refractivity contribution in [2.24, 2.45) is 5.92 Å². The molecule has 1 aliphatic rings. The van der Waals surface area contributed by atoms with Crippen LogP contribution >= 0.6 is 11.6 Å². The highest BCUT2D eigenvalue weighted by atomic mass is 35.5. The van der Waals surface area contributed by atoms with Crippen molar-refractivity contribution in [3.8, 4) is 0 Å². The van der Waals surface area contributed by atoms with Crippen molar-refractivity contribution in [3.63, 3.8) is 0 Å². The number of hydrogen-bond acceptors (Lipinski definition) is 2. The first-order valence-electron chi connectivity index (χ1n) is 5.03. The molecule has 16 heavy (non-hydrogen) atoms. The second kappa shape index (κ2) is 4.29. The van der Waals surface area contributed by atoms with Gasteiger partial charge < -0.3 is 10.4 Å². The quantitative estimate of drug-likeness (QED) is 0.855. The van der Waals surface area contributed by atoms with Crippen LogP contribution in [0.1, 0.15) is 12.8 Å². The Morgan fingerprint density at radius 2 is 2.25 bits per heavy atom. The molecule has 1 saturated carbocycles. The molecule has 0 heterocycles. The molecule has 0 aliphatic heterocycles. The molecule has 1 atom stereocenters. The van der Waals surface area contributed by atoms with E-state index in [-0.39, 0.29) is 16.6 Å². The van der Waals surface area contributed by atoms with Crippen LogP contribution in [0.4, 0.5) is 10.1 Å². The lowest BCUT2D eigenvalue weighted by Gasteiger charge is -2.15. The molecule has 1 aromatic carbocycles. The third-order valence-corrected chi connectivity index (χ3v) is 2.91. The Bertz CT molecular complexity index is 420. The van der Waals surface area contributed by atoms with Gasteiger partial charge in [0.1, 0.15) is 6.04 Å². The maximum atomic E-state index is 13.5. The topological polar surface area (TPSA) is 49.3 Å². The van der Waals surface area contributed by atoms with Crippen LogP contribution in [0.25, 0.3) is 0 Å². The minimum atomic E-state index is -0.957. The summed E-state index contributed by atoms with van der Waals surface area (Å²) in [5.41, 5.74) is 0.145. The molecule has 0 saturated heterocycles. The Kier molecular flexibility index (Phi) is 3.01. The number of halogens is 2. The van der Waals surface area contributed by atoms with E-state index >= 15 is 0 Å². The van der Waals surface area contributed by atoms with Gasteiger partial charge in [-0.3, -0.25) is 0 Å². The van der Waals surface area contributed by atoms with Crippen molar-refractivity contribution in [1.82, 2.24) is 0 Å². The first-order valence-corrected chi connectivity index (χ1v) is 5.40. The van der Waals surface area contributed by atoms with Gasteiger partial charge in [-0.1, -0.05) is 17.7 Å². The molecule has 2 N–H and O–H groups in total. The van der Waals surface area contributed by atoms with Crippen LogP contribution in [-0.2, 0) is 4.79 Å². The number of carbonyl (C=O) groups is 1. The zero-order valence-corrected chi connectivity index (χ0v) is 9.17. The van der Waals surface area contributed by atoms with Crippen molar-refractivity contribution in [1.29, 1.82) is 0 Å². The van der Waals surface area contributed by atoms with Crippen LogP contribution in [0.15, 0.2) is 18.2 Å². The Balaban J connectivity index is 2.18. The van der Waals surface area contributed by atoms with E-state index in [1.54, 1.807) is 6.07 Å². The molecule has 1 fully saturated rings. The highest BCUT2D eigenvalue weighted by Gasteiger charge is 2.36. The lowest BCUT2D eigenvalue weighted by molar-refractivity contribution is -0.138. The third kappa shape index (κ3) is 2.27. The lowest BCUT2D eigenvalue weighted by atomic mass is 10.1. The minimum Gasteiger partial charge on any atom is -0.480 e. The molecule has 1 aliphatic carbocycles. The van der Waals surface area contributed by atoms with Crippen LogP contribution < -0.4 is 5.32 Å². The van der Waals surface area contributed by atoms with Gasteiger partial charge >= 0.3 is 5.97 Å². The Hall–Kier alpha value is -1.29. The summed E-state index contributed by atoms with van der Waals surface area (Å²) in [5, 5.41) is 11.7. The van der Waals surface area contributed by atoms with Gasteiger partial charge in [0.2, 0.25) is 0 Å². The van der Waals surface area contributed by atoms with E-state index in [0.717, 1.165) is 12.8 Å². The Morgan fingerprint density at radius 1 is 1.56 bits per heavy atom. The number of aliphatic carboxylic acids is 1. The Labute approximate surface area is 97.2 Å². The predicted octanol–water partition coefficient (Wildman–Crippen LogP) is 2.75. The SMILES string of the molecule is O=C(O)C(Nc1cccc(Cl)c1F)C1CC1. The van der Waals surface area contributed by atoms with E-state index in [1.165, 1.54) is 12.1 Å². The molecule has 0 radical (unpaired) electrons. The smallest absolute Gasteiger partial charge is 0.326 e. The fraction of sp³-hybridized carbons (Fsp3) is 0.364. The normalized spacial score (nSPS) is 16.9. The van der Waals surface area contributed by atoms with Gasteiger partial charge in [0.25, 0.3) is 0 Å². The van der Waals surface area contributed by atoms with E-state index in [1.807, 2.05) is 0 Å². The van der Waals surface area contributed by atoms with Crippen molar-refractivity contribution in [2.45, 2.75) is 18.9 Å². The molecule has 0 bridgehead atoms. The summed E-state index contributed by atoms with van der Waals surface area (Å²) in [6.07, 6.45) is 1.73. The lowest BCUT2D eigenvalue weighted by Crippen LogP contribution is -2.31. The highest BCUT2D eigenvalue weighted by molar-refractivity contribution is 6.31. The summed E-state index contributed by atoms with van der Waals surface area (Å²) in [4.78, 5) is 11.0. The number of hydrogen-bond donors (Lipinski definition) is 2. The second-order valence-electron chi connectivity index (χ2n) is 3.90. The van der Waals surface area contributed by atoms with E-state index in [0.29, 0.717) is 0 Å². The Morgan fingerprint density at radius 3 is 2.81 bits per heavy atom. The van der Waals surface area contributed by atoms with Gasteiger partial charge in [-0.15, -0.1) is 0 Å².